The molecule has 6 nitrogen and oxygen atoms in total. The van der Waals surface area contributed by atoms with Gasteiger partial charge in [0.15, 0.2) is 0 Å². The number of benzene rings is 3. The van der Waals surface area contributed by atoms with Crippen LogP contribution in [0.25, 0.3) is 0 Å². The number of nitrogens with zero attached hydrogens (tertiary/aromatic N) is 3. The Morgan fingerprint density at radius 1 is 1.07 bits per heavy atom. The summed E-state index contributed by atoms with van der Waals surface area (Å²) in [6, 6.07) is 17.1. The maximum atomic E-state index is 12.2. The van der Waals surface area contributed by atoms with Gasteiger partial charge in [-0.25, -0.2) is 5.43 Å². The number of phenolic OH excluding ortho intramolecular Hbond substituents is 1. The molecule has 0 atom stereocenters. The number of nitrogens with one attached hydrogen (secondary N) is 1. The summed E-state index contributed by atoms with van der Waals surface area (Å²) in [5, 5.41) is 22.7. The van der Waals surface area contributed by atoms with E-state index in [1.165, 1.54) is 12.3 Å². The van der Waals surface area contributed by atoms with Gasteiger partial charge in [0, 0.05) is 20.6 Å². The zero-order valence-electron chi connectivity index (χ0n) is 15.3. The lowest BCUT2D eigenvalue weighted by molar-refractivity contribution is 0.0955. The first-order chi connectivity index (χ1) is 13.9. The van der Waals surface area contributed by atoms with Gasteiger partial charge in [0.2, 0.25) is 0 Å². The quantitative estimate of drug-likeness (QED) is 0.260. The Morgan fingerprint density at radius 3 is 2.55 bits per heavy atom. The van der Waals surface area contributed by atoms with Crippen LogP contribution in [0.4, 0.5) is 11.4 Å². The maximum Gasteiger partial charge on any atom is 0.271 e. The van der Waals surface area contributed by atoms with Gasteiger partial charge in [-0.15, -0.1) is 0 Å². The van der Waals surface area contributed by atoms with Crippen molar-refractivity contribution < 1.29 is 9.90 Å². The monoisotopic (exact) mass is 470 g/mol. The van der Waals surface area contributed by atoms with Gasteiger partial charge >= 0.3 is 0 Å². The van der Waals surface area contributed by atoms with Gasteiger partial charge in [0.1, 0.15) is 5.75 Å². The standard InChI is InChI=1S/C21H16BrClN4O2/c1-13-5-6-14(10-19(13)23)21(29)27-24-12-15-9-18(7-8-20(15)28)26-25-17-4-2-3-16(22)11-17/h2-12,28H,1H3,(H,27,29)/b24-12+,26-25?. The van der Waals surface area contributed by atoms with Gasteiger partial charge in [0.05, 0.1) is 17.6 Å². The number of rotatable bonds is 5. The summed E-state index contributed by atoms with van der Waals surface area (Å²) < 4.78 is 0.901. The second kappa shape index (κ2) is 9.45. The SMILES string of the molecule is Cc1ccc(C(=O)N/N=C/c2cc(N=Nc3cccc(Br)c3)ccc2O)cc1Cl. The average molecular weight is 472 g/mol. The van der Waals surface area contributed by atoms with Gasteiger partial charge in [-0.2, -0.15) is 15.3 Å². The lowest BCUT2D eigenvalue weighted by atomic mass is 10.1. The second-order valence-electron chi connectivity index (χ2n) is 6.09. The van der Waals surface area contributed by atoms with E-state index in [0.717, 1.165) is 10.0 Å². The van der Waals surface area contributed by atoms with E-state index in [4.69, 9.17) is 11.6 Å². The van der Waals surface area contributed by atoms with Crippen molar-refractivity contribution in [3.63, 3.8) is 0 Å². The summed E-state index contributed by atoms with van der Waals surface area (Å²) in [6.07, 6.45) is 1.33. The molecule has 0 aromatic heterocycles. The summed E-state index contributed by atoms with van der Waals surface area (Å²) in [6.45, 7) is 1.85. The van der Waals surface area contributed by atoms with Crippen LogP contribution in [0.1, 0.15) is 21.5 Å². The van der Waals surface area contributed by atoms with Gasteiger partial charge < -0.3 is 5.11 Å². The molecule has 0 aliphatic heterocycles. The summed E-state index contributed by atoms with van der Waals surface area (Å²) in [5.74, 6) is -0.407. The number of phenols is 1. The number of carbonyl (C=O) groups excluding carboxylic acids is 1. The Morgan fingerprint density at radius 2 is 1.83 bits per heavy atom. The van der Waals surface area contributed by atoms with Crippen molar-refractivity contribution in [2.24, 2.45) is 15.3 Å². The topological polar surface area (TPSA) is 86.4 Å². The molecule has 0 fully saturated rings. The molecule has 2 N–H and O–H groups in total. The van der Waals surface area contributed by atoms with Crippen molar-refractivity contribution in [1.82, 2.24) is 5.43 Å². The smallest absolute Gasteiger partial charge is 0.271 e. The number of hydrogen-bond acceptors (Lipinski definition) is 5. The Balaban J connectivity index is 1.71. The van der Waals surface area contributed by atoms with Crippen LogP contribution in [-0.2, 0) is 0 Å². The molecule has 146 valence electrons. The third kappa shape index (κ3) is 5.73. The van der Waals surface area contributed by atoms with Crippen LogP contribution in [0.2, 0.25) is 5.02 Å². The number of aromatic hydroxyl groups is 1. The molecular weight excluding hydrogens is 456 g/mol. The molecule has 0 unspecified atom stereocenters. The Labute approximate surface area is 181 Å². The lowest BCUT2D eigenvalue weighted by Crippen LogP contribution is -2.17. The molecule has 1 amide bonds. The maximum absolute atomic E-state index is 12.2. The number of halogens is 2. The highest BCUT2D eigenvalue weighted by Crippen LogP contribution is 2.25. The largest absolute Gasteiger partial charge is 0.507 e. The van der Waals surface area contributed by atoms with E-state index in [2.05, 4.69) is 36.7 Å². The molecule has 0 heterocycles. The molecule has 0 aliphatic carbocycles. The molecule has 0 aliphatic rings. The highest BCUT2D eigenvalue weighted by molar-refractivity contribution is 9.10. The van der Waals surface area contributed by atoms with Gasteiger partial charge in [0.25, 0.3) is 5.91 Å². The zero-order chi connectivity index (χ0) is 20.8. The normalized spacial score (nSPS) is 11.3. The fraction of sp³-hybridized carbons (Fsp3) is 0.0476. The molecule has 29 heavy (non-hydrogen) atoms. The van der Waals surface area contributed by atoms with Crippen LogP contribution >= 0.6 is 27.5 Å². The minimum Gasteiger partial charge on any atom is -0.507 e. The molecule has 3 aromatic carbocycles. The highest BCUT2D eigenvalue weighted by Gasteiger charge is 2.06. The van der Waals surface area contributed by atoms with E-state index in [-0.39, 0.29) is 5.75 Å². The van der Waals surface area contributed by atoms with Gasteiger partial charge in [-0.3, -0.25) is 4.79 Å². The summed E-state index contributed by atoms with van der Waals surface area (Å²) in [4.78, 5) is 12.2. The zero-order valence-corrected chi connectivity index (χ0v) is 17.6. The first kappa shape index (κ1) is 20.7. The predicted molar refractivity (Wildman–Crippen MR) is 118 cm³/mol. The number of aryl methyl sites for hydroxylation is 1. The molecule has 8 heteroatoms. The number of hydrogen-bond donors (Lipinski definition) is 2. The van der Waals surface area contributed by atoms with Crippen LogP contribution in [0.15, 0.2) is 80.5 Å². The van der Waals surface area contributed by atoms with E-state index in [1.807, 2.05) is 31.2 Å². The summed E-state index contributed by atoms with van der Waals surface area (Å²) in [7, 11) is 0. The van der Waals surface area contributed by atoms with Crippen molar-refractivity contribution >= 4 is 51.0 Å². The predicted octanol–water partition coefficient (Wildman–Crippen LogP) is 6.30. The van der Waals surface area contributed by atoms with Crippen molar-refractivity contribution in [3.05, 3.63) is 86.8 Å². The lowest BCUT2D eigenvalue weighted by Gasteiger charge is -2.03. The van der Waals surface area contributed by atoms with E-state index >= 15 is 0 Å². The highest BCUT2D eigenvalue weighted by atomic mass is 79.9. The molecule has 3 aromatic rings. The van der Waals surface area contributed by atoms with Crippen molar-refractivity contribution in [3.8, 4) is 5.75 Å². The van der Waals surface area contributed by atoms with Crippen LogP contribution in [0.5, 0.6) is 5.75 Å². The second-order valence-corrected chi connectivity index (χ2v) is 7.41. The van der Waals surface area contributed by atoms with E-state index in [9.17, 15) is 9.90 Å². The molecule has 3 rings (SSSR count). The molecule has 0 bridgehead atoms. The Hall–Kier alpha value is -3.03. The number of azo groups is 1. The summed E-state index contributed by atoms with van der Waals surface area (Å²) >= 11 is 9.42. The molecule has 0 radical (unpaired) electrons. The van der Waals surface area contributed by atoms with E-state index in [0.29, 0.717) is 27.5 Å². The third-order valence-corrected chi connectivity index (χ3v) is 4.80. The third-order valence-electron chi connectivity index (χ3n) is 3.90. The van der Waals surface area contributed by atoms with Crippen LogP contribution in [-0.4, -0.2) is 17.2 Å². The van der Waals surface area contributed by atoms with E-state index in [1.54, 1.807) is 30.3 Å². The number of amides is 1. The fourth-order valence-electron chi connectivity index (χ4n) is 2.32. The fourth-order valence-corrected chi connectivity index (χ4v) is 2.89. The van der Waals surface area contributed by atoms with Crippen LogP contribution in [0, 0.1) is 6.92 Å². The van der Waals surface area contributed by atoms with Crippen molar-refractivity contribution in [1.29, 1.82) is 0 Å². The van der Waals surface area contributed by atoms with Crippen LogP contribution in [0.3, 0.4) is 0 Å². The number of hydrazone groups is 1. The molecule has 0 saturated carbocycles. The first-order valence-electron chi connectivity index (χ1n) is 8.52. The minimum atomic E-state index is -0.409. The molecule has 0 saturated heterocycles. The number of carbonyl (C=O) groups is 1. The van der Waals surface area contributed by atoms with Gasteiger partial charge in [-0.05, 0) is 61.0 Å². The Kier molecular flexibility index (Phi) is 6.74. The molecule has 0 spiro atoms. The van der Waals surface area contributed by atoms with E-state index < -0.39 is 5.91 Å². The van der Waals surface area contributed by atoms with Crippen molar-refractivity contribution in [2.45, 2.75) is 6.92 Å². The van der Waals surface area contributed by atoms with Crippen LogP contribution < -0.4 is 5.43 Å². The first-order valence-corrected chi connectivity index (χ1v) is 9.69. The molecular formula is C21H16BrClN4O2. The van der Waals surface area contributed by atoms with Crippen molar-refractivity contribution in [2.75, 3.05) is 0 Å². The van der Waals surface area contributed by atoms with Gasteiger partial charge in [-0.1, -0.05) is 39.7 Å². The Bertz CT molecular complexity index is 1120. The summed E-state index contributed by atoms with van der Waals surface area (Å²) in [5.41, 5.74) is 5.28. The minimum absolute atomic E-state index is 0.00258. The average Bonchev–Trinajstić information content (AvgIpc) is 2.70.